The van der Waals surface area contributed by atoms with Gasteiger partial charge in [0.15, 0.2) is 18.2 Å². The molecular formula is C18H10Cl4N2O6. The Kier molecular flexibility index (Phi) is 5.14. The lowest BCUT2D eigenvalue weighted by molar-refractivity contribution is -0.100. The van der Waals surface area contributed by atoms with Crippen molar-refractivity contribution in [2.24, 2.45) is 0 Å². The second kappa shape index (κ2) is 7.39. The van der Waals surface area contributed by atoms with Crippen LogP contribution in [-0.2, 0) is 4.74 Å². The molecule has 0 bridgehead atoms. The fourth-order valence-electron chi connectivity index (χ4n) is 2.86. The third-order valence-electron chi connectivity index (χ3n) is 4.26. The van der Waals surface area contributed by atoms with E-state index in [2.05, 4.69) is 5.32 Å². The zero-order valence-electron chi connectivity index (χ0n) is 14.7. The Hall–Kier alpha value is -2.39. The van der Waals surface area contributed by atoms with E-state index in [9.17, 15) is 14.4 Å². The number of carbonyl (C=O) groups excluding carboxylic acids is 3. The molecule has 4 rings (SSSR count). The highest BCUT2D eigenvalue weighted by atomic mass is 35.6. The smallest absolute Gasteiger partial charge is 0.414 e. The number of imide groups is 1. The van der Waals surface area contributed by atoms with Crippen LogP contribution in [0.4, 0.5) is 4.79 Å². The molecule has 3 amide bonds. The zero-order valence-corrected chi connectivity index (χ0v) is 17.7. The number of amides is 3. The number of hydrogen-bond donors (Lipinski definition) is 1. The summed E-state index contributed by atoms with van der Waals surface area (Å²) in [5.74, 6) is -3.20. The van der Waals surface area contributed by atoms with Crippen LogP contribution in [0.5, 0.6) is 11.5 Å². The second-order valence-corrected chi connectivity index (χ2v) is 8.90. The van der Waals surface area contributed by atoms with Crippen LogP contribution in [0.25, 0.3) is 0 Å². The van der Waals surface area contributed by atoms with E-state index in [1.54, 1.807) is 12.1 Å². The lowest BCUT2D eigenvalue weighted by Crippen LogP contribution is -2.63. The first-order chi connectivity index (χ1) is 14.1. The zero-order chi connectivity index (χ0) is 21.7. The monoisotopic (exact) mass is 490 g/mol. The third-order valence-corrected chi connectivity index (χ3v) is 5.24. The summed E-state index contributed by atoms with van der Waals surface area (Å²) in [5.41, 5.74) is 0.415. The topological polar surface area (TPSA) is 94.2 Å². The van der Waals surface area contributed by atoms with Gasteiger partial charge in [0.05, 0.1) is 11.1 Å². The number of alkyl carbamates (subject to hydrolysis) is 1. The van der Waals surface area contributed by atoms with E-state index in [0.717, 1.165) is 4.90 Å². The van der Waals surface area contributed by atoms with Gasteiger partial charge in [0.2, 0.25) is 0 Å². The van der Waals surface area contributed by atoms with Gasteiger partial charge in [-0.05, 0) is 24.3 Å². The van der Waals surface area contributed by atoms with Crippen molar-refractivity contribution in [3.05, 3.63) is 58.6 Å². The molecule has 0 spiro atoms. The fraction of sp³-hybridized carbons (Fsp3) is 0.167. The highest BCUT2D eigenvalue weighted by Gasteiger charge is 2.60. The van der Waals surface area contributed by atoms with Crippen LogP contribution in [-0.4, -0.2) is 39.2 Å². The Morgan fingerprint density at radius 1 is 1.03 bits per heavy atom. The molecule has 0 aliphatic carbocycles. The van der Waals surface area contributed by atoms with Crippen LogP contribution >= 0.6 is 46.4 Å². The van der Waals surface area contributed by atoms with Crippen molar-refractivity contribution in [3.63, 3.8) is 0 Å². The highest BCUT2D eigenvalue weighted by Crippen LogP contribution is 2.49. The Bertz CT molecular complexity index is 1040. The van der Waals surface area contributed by atoms with Gasteiger partial charge in [-0.2, -0.15) is 0 Å². The normalized spacial score (nSPS) is 19.7. The highest BCUT2D eigenvalue weighted by molar-refractivity contribution is 6.68. The number of hydrogen-bond acceptors (Lipinski definition) is 6. The molecule has 0 radical (unpaired) electrons. The number of fused-ring (bicyclic) bond motifs is 2. The molecule has 0 unspecified atom stereocenters. The Labute approximate surface area is 189 Å². The van der Waals surface area contributed by atoms with Crippen LogP contribution in [0.1, 0.15) is 20.7 Å². The van der Waals surface area contributed by atoms with E-state index < -0.39 is 34.3 Å². The SMILES string of the molecule is O=C(N[C@]1(C(Cl)(Cl)Cl)Oc2ccc(Cl)cc2O1)OCN1C(=O)c2ccccc2C1=O. The number of benzene rings is 2. The summed E-state index contributed by atoms with van der Waals surface area (Å²) < 4.78 is 13.7. The molecular weight excluding hydrogens is 482 g/mol. The van der Waals surface area contributed by atoms with Crippen molar-refractivity contribution >= 4 is 64.3 Å². The molecule has 0 saturated carbocycles. The molecule has 2 aromatic rings. The molecule has 2 aliphatic heterocycles. The van der Waals surface area contributed by atoms with E-state index in [0.29, 0.717) is 5.02 Å². The average molecular weight is 492 g/mol. The maximum Gasteiger partial charge on any atom is 0.414 e. The van der Waals surface area contributed by atoms with Crippen molar-refractivity contribution < 1.29 is 28.6 Å². The van der Waals surface area contributed by atoms with E-state index in [1.807, 2.05) is 0 Å². The van der Waals surface area contributed by atoms with Crippen LogP contribution in [0.2, 0.25) is 5.02 Å². The van der Waals surface area contributed by atoms with Gasteiger partial charge in [0.25, 0.3) is 15.6 Å². The third kappa shape index (κ3) is 3.50. The molecule has 8 nitrogen and oxygen atoms in total. The summed E-state index contributed by atoms with van der Waals surface area (Å²) in [6, 6.07) is 10.6. The van der Waals surface area contributed by atoms with Gasteiger partial charge in [-0.15, -0.1) is 0 Å². The van der Waals surface area contributed by atoms with Crippen LogP contribution in [0.3, 0.4) is 0 Å². The number of nitrogens with zero attached hydrogens (tertiary/aromatic N) is 1. The molecule has 0 saturated heterocycles. The fourth-order valence-corrected chi connectivity index (χ4v) is 3.40. The molecule has 2 aromatic carbocycles. The Morgan fingerprint density at radius 3 is 2.23 bits per heavy atom. The van der Waals surface area contributed by atoms with E-state index in [-0.39, 0.29) is 22.6 Å². The number of ether oxygens (including phenoxy) is 3. The summed E-state index contributed by atoms with van der Waals surface area (Å²) >= 11 is 23.8. The van der Waals surface area contributed by atoms with Crippen molar-refractivity contribution in [2.45, 2.75) is 9.70 Å². The van der Waals surface area contributed by atoms with Gasteiger partial charge in [0.1, 0.15) is 0 Å². The minimum absolute atomic E-state index is 0.120. The van der Waals surface area contributed by atoms with Gasteiger partial charge in [-0.25, -0.2) is 15.0 Å². The quantitative estimate of drug-likeness (QED) is 0.512. The van der Waals surface area contributed by atoms with Crippen LogP contribution in [0, 0.1) is 0 Å². The number of rotatable bonds is 3. The number of nitrogens with one attached hydrogen (secondary N) is 1. The van der Waals surface area contributed by atoms with E-state index in [1.165, 1.54) is 30.3 Å². The maximum atomic E-state index is 12.4. The van der Waals surface area contributed by atoms with Gasteiger partial charge in [-0.3, -0.25) is 9.59 Å². The van der Waals surface area contributed by atoms with Gasteiger partial charge in [-0.1, -0.05) is 58.5 Å². The number of halogens is 4. The molecule has 0 fully saturated rings. The lowest BCUT2D eigenvalue weighted by atomic mass is 10.1. The molecule has 12 heteroatoms. The Morgan fingerprint density at radius 2 is 1.63 bits per heavy atom. The first-order valence-electron chi connectivity index (χ1n) is 8.26. The lowest BCUT2D eigenvalue weighted by Gasteiger charge is -2.33. The first-order valence-corrected chi connectivity index (χ1v) is 9.77. The van der Waals surface area contributed by atoms with Gasteiger partial charge in [0, 0.05) is 11.1 Å². The Balaban J connectivity index is 1.47. The summed E-state index contributed by atoms with van der Waals surface area (Å²) in [6.07, 6.45) is -1.17. The molecule has 2 heterocycles. The first kappa shape index (κ1) is 20.9. The summed E-state index contributed by atoms with van der Waals surface area (Å²) in [6.45, 7) is -0.674. The largest absolute Gasteiger partial charge is 0.428 e. The number of alkyl halides is 3. The summed E-state index contributed by atoms with van der Waals surface area (Å²) in [4.78, 5) is 37.8. The molecule has 2 aliphatic rings. The minimum Gasteiger partial charge on any atom is -0.428 e. The van der Waals surface area contributed by atoms with Crippen molar-refractivity contribution in [1.29, 1.82) is 0 Å². The maximum absolute atomic E-state index is 12.4. The molecule has 1 N–H and O–H groups in total. The predicted octanol–water partition coefficient (Wildman–Crippen LogP) is 4.12. The number of carbonyl (C=O) groups is 3. The van der Waals surface area contributed by atoms with E-state index >= 15 is 0 Å². The van der Waals surface area contributed by atoms with Crippen LogP contribution < -0.4 is 14.8 Å². The van der Waals surface area contributed by atoms with Gasteiger partial charge >= 0.3 is 12.0 Å². The predicted molar refractivity (Wildman–Crippen MR) is 107 cm³/mol. The van der Waals surface area contributed by atoms with Crippen molar-refractivity contribution in [3.8, 4) is 11.5 Å². The van der Waals surface area contributed by atoms with E-state index in [4.69, 9.17) is 60.6 Å². The molecule has 1 atom stereocenters. The van der Waals surface area contributed by atoms with Crippen molar-refractivity contribution in [2.75, 3.05) is 6.73 Å². The summed E-state index contributed by atoms with van der Waals surface area (Å²) in [7, 11) is 0. The minimum atomic E-state index is -2.30. The van der Waals surface area contributed by atoms with Crippen molar-refractivity contribution in [1.82, 2.24) is 10.2 Å². The second-order valence-electron chi connectivity index (χ2n) is 6.18. The molecule has 156 valence electrons. The summed E-state index contributed by atoms with van der Waals surface area (Å²) in [5, 5.41) is 2.50. The van der Waals surface area contributed by atoms with Crippen LogP contribution in [0.15, 0.2) is 42.5 Å². The average Bonchev–Trinajstić information content (AvgIpc) is 3.16. The molecule has 0 aromatic heterocycles. The van der Waals surface area contributed by atoms with Gasteiger partial charge < -0.3 is 14.2 Å². The molecule has 30 heavy (non-hydrogen) atoms. The standard InChI is InChI=1S/C18H10Cl4N2O6/c19-9-5-6-12-13(7-9)30-18(29-12,17(20,21)22)23-16(27)28-8-24-14(25)10-3-1-2-4-11(10)15(24)26/h1-7H,8H2,(H,23,27)/t18-/m1/s1.